The van der Waals surface area contributed by atoms with Crippen molar-refractivity contribution in [3.63, 3.8) is 0 Å². The van der Waals surface area contributed by atoms with Crippen LogP contribution in [0.2, 0.25) is 0 Å². The van der Waals surface area contributed by atoms with Gasteiger partial charge < -0.3 is 25.4 Å². The molecule has 1 saturated heterocycles. The minimum Gasteiger partial charge on any atom is -0.446 e. The van der Waals surface area contributed by atoms with Crippen LogP contribution in [0.25, 0.3) is 0 Å². The van der Waals surface area contributed by atoms with Gasteiger partial charge in [-0.1, -0.05) is 73.9 Å². The topological polar surface area (TPSA) is 108 Å². The van der Waals surface area contributed by atoms with Gasteiger partial charge >= 0.3 is 6.09 Å². The van der Waals surface area contributed by atoms with Crippen LogP contribution in [0.1, 0.15) is 69.1 Å². The van der Waals surface area contributed by atoms with Crippen molar-refractivity contribution in [2.24, 2.45) is 11.8 Å². The monoisotopic (exact) mass is 607 g/mol. The SMILES string of the molecule is Cc1ccccc1CNC(=O)[C@H]1N(C(=O)[C@@H](O)[C@H](Cc2ccccc2)NC(=O)OC2CCC3CCCC3C2)CSC1(C)C. The van der Waals surface area contributed by atoms with Crippen molar-refractivity contribution in [1.82, 2.24) is 15.5 Å². The number of fused-ring (bicyclic) bond motifs is 1. The lowest BCUT2D eigenvalue weighted by Crippen LogP contribution is -2.58. The third-order valence-corrected chi connectivity index (χ3v) is 10.9. The second-order valence-corrected chi connectivity index (χ2v) is 14.5. The molecular weight excluding hydrogens is 562 g/mol. The Hall–Kier alpha value is -3.04. The van der Waals surface area contributed by atoms with E-state index < -0.39 is 34.9 Å². The van der Waals surface area contributed by atoms with Crippen molar-refractivity contribution in [2.45, 2.75) is 101 Å². The molecule has 2 aliphatic carbocycles. The zero-order chi connectivity index (χ0) is 30.6. The Morgan fingerprint density at radius 1 is 1.02 bits per heavy atom. The number of hydrogen-bond acceptors (Lipinski definition) is 6. The Bertz CT molecular complexity index is 1290. The van der Waals surface area contributed by atoms with E-state index in [1.807, 2.05) is 75.4 Å². The summed E-state index contributed by atoms with van der Waals surface area (Å²) in [6, 6.07) is 15.6. The zero-order valence-electron chi connectivity index (χ0n) is 25.5. The smallest absolute Gasteiger partial charge is 0.407 e. The highest BCUT2D eigenvalue weighted by Crippen LogP contribution is 2.43. The molecule has 3 amide bonds. The van der Waals surface area contributed by atoms with E-state index in [2.05, 4.69) is 10.6 Å². The second-order valence-electron chi connectivity index (χ2n) is 12.9. The number of aliphatic hydroxyl groups excluding tert-OH is 1. The molecule has 2 aromatic carbocycles. The van der Waals surface area contributed by atoms with Crippen molar-refractivity contribution in [1.29, 1.82) is 0 Å². The zero-order valence-corrected chi connectivity index (χ0v) is 26.3. The lowest BCUT2D eigenvalue weighted by atomic mass is 9.80. The predicted octanol–water partition coefficient (Wildman–Crippen LogP) is 4.96. The van der Waals surface area contributed by atoms with Crippen LogP contribution in [-0.4, -0.2) is 62.8 Å². The summed E-state index contributed by atoms with van der Waals surface area (Å²) in [7, 11) is 0. The van der Waals surface area contributed by atoms with Gasteiger partial charge in [-0.3, -0.25) is 9.59 Å². The van der Waals surface area contributed by atoms with Gasteiger partial charge in [0.25, 0.3) is 5.91 Å². The van der Waals surface area contributed by atoms with E-state index in [0.717, 1.165) is 41.9 Å². The number of carbonyl (C=O) groups is 3. The highest BCUT2D eigenvalue weighted by atomic mass is 32.2. The fourth-order valence-corrected chi connectivity index (χ4v) is 8.20. The molecule has 2 aromatic rings. The molecule has 1 heterocycles. The van der Waals surface area contributed by atoms with Crippen LogP contribution in [0.3, 0.4) is 0 Å². The van der Waals surface area contributed by atoms with Crippen LogP contribution in [0, 0.1) is 18.8 Å². The third kappa shape index (κ3) is 7.55. The molecule has 3 N–H and O–H groups in total. The Morgan fingerprint density at radius 3 is 2.51 bits per heavy atom. The summed E-state index contributed by atoms with van der Waals surface area (Å²) in [6.07, 6.45) is 4.44. The molecule has 3 fully saturated rings. The number of hydrogen-bond donors (Lipinski definition) is 3. The number of benzene rings is 2. The molecule has 8 nitrogen and oxygen atoms in total. The molecule has 43 heavy (non-hydrogen) atoms. The predicted molar refractivity (Wildman–Crippen MR) is 168 cm³/mol. The van der Waals surface area contributed by atoms with Crippen molar-refractivity contribution in [3.8, 4) is 0 Å². The van der Waals surface area contributed by atoms with Crippen molar-refractivity contribution in [2.75, 3.05) is 5.88 Å². The van der Waals surface area contributed by atoms with Crippen LogP contribution in [0.4, 0.5) is 4.79 Å². The molecule has 0 bridgehead atoms. The van der Waals surface area contributed by atoms with Gasteiger partial charge in [0.2, 0.25) is 5.91 Å². The highest BCUT2D eigenvalue weighted by molar-refractivity contribution is 8.00. The van der Waals surface area contributed by atoms with Crippen LogP contribution >= 0.6 is 11.8 Å². The Balaban J connectivity index is 1.27. The fraction of sp³-hybridized carbons (Fsp3) is 0.559. The summed E-state index contributed by atoms with van der Waals surface area (Å²) in [5.74, 6) is 0.773. The molecule has 3 aliphatic rings. The van der Waals surface area contributed by atoms with Gasteiger partial charge in [0.05, 0.1) is 11.9 Å². The van der Waals surface area contributed by atoms with Gasteiger partial charge in [0.15, 0.2) is 6.10 Å². The van der Waals surface area contributed by atoms with Gasteiger partial charge in [-0.15, -0.1) is 11.8 Å². The van der Waals surface area contributed by atoms with Crippen LogP contribution in [-0.2, 0) is 27.3 Å². The first-order chi connectivity index (χ1) is 20.6. The number of ether oxygens (including phenoxy) is 1. The molecule has 0 aromatic heterocycles. The van der Waals surface area contributed by atoms with Gasteiger partial charge in [0.1, 0.15) is 12.1 Å². The molecule has 5 rings (SSSR count). The highest BCUT2D eigenvalue weighted by Gasteiger charge is 2.50. The van der Waals surface area contributed by atoms with Crippen LogP contribution in [0.5, 0.6) is 0 Å². The van der Waals surface area contributed by atoms with E-state index >= 15 is 0 Å². The first-order valence-electron chi connectivity index (χ1n) is 15.6. The largest absolute Gasteiger partial charge is 0.446 e. The summed E-state index contributed by atoms with van der Waals surface area (Å²) < 4.78 is 5.28. The van der Waals surface area contributed by atoms with Crippen molar-refractivity contribution >= 4 is 29.7 Å². The molecular formula is C34H45N3O5S. The maximum atomic E-state index is 13.9. The number of aliphatic hydroxyl groups is 1. The van der Waals surface area contributed by atoms with Crippen molar-refractivity contribution in [3.05, 3.63) is 71.3 Å². The Morgan fingerprint density at radius 2 is 1.74 bits per heavy atom. The third-order valence-electron chi connectivity index (χ3n) is 9.54. The van der Waals surface area contributed by atoms with Gasteiger partial charge in [-0.2, -0.15) is 0 Å². The van der Waals surface area contributed by atoms with E-state index in [1.165, 1.54) is 35.9 Å². The molecule has 232 valence electrons. The average molecular weight is 608 g/mol. The molecule has 6 atom stereocenters. The standard InChI is InChI=1S/C34H45N3O5S/c1-22-10-7-8-13-26(22)20-35-31(39)30-34(2,3)43-21-37(30)32(40)29(38)28(18-23-11-5-4-6-12-23)36-33(41)42-27-17-16-24-14-9-15-25(24)19-27/h4-8,10-13,24-25,27-30,38H,9,14-21H2,1-3H3,(H,35,39)(H,36,41)/t24?,25?,27?,28-,29-,30+/m0/s1. The van der Waals surface area contributed by atoms with Gasteiger partial charge in [-0.05, 0) is 75.0 Å². The minimum absolute atomic E-state index is 0.151. The molecule has 1 aliphatic heterocycles. The molecule has 3 unspecified atom stereocenters. The van der Waals surface area contributed by atoms with E-state index in [0.29, 0.717) is 12.5 Å². The molecule has 2 saturated carbocycles. The summed E-state index contributed by atoms with van der Waals surface area (Å²) >= 11 is 1.50. The number of aryl methyl sites for hydroxylation is 1. The summed E-state index contributed by atoms with van der Waals surface area (Å²) in [4.78, 5) is 42.0. The molecule has 9 heteroatoms. The Kier molecular flexibility index (Phi) is 10.0. The fourth-order valence-electron chi connectivity index (χ4n) is 7.06. The summed E-state index contributed by atoms with van der Waals surface area (Å²) in [5.41, 5.74) is 2.95. The number of thioether (sulfide) groups is 1. The minimum atomic E-state index is -1.56. The molecule has 0 spiro atoms. The maximum Gasteiger partial charge on any atom is 0.407 e. The number of amides is 3. The first kappa shape index (κ1) is 31.4. The van der Waals surface area contributed by atoms with Crippen molar-refractivity contribution < 1.29 is 24.2 Å². The van der Waals surface area contributed by atoms with E-state index in [1.54, 1.807) is 0 Å². The number of nitrogens with one attached hydrogen (secondary N) is 2. The molecule has 0 radical (unpaired) electrons. The normalized spacial score (nSPS) is 25.8. The number of alkyl carbamates (subject to hydrolysis) is 1. The first-order valence-corrected chi connectivity index (χ1v) is 16.6. The van der Waals surface area contributed by atoms with Crippen LogP contribution in [0.15, 0.2) is 54.6 Å². The number of carbonyl (C=O) groups excluding carboxylic acids is 3. The number of rotatable bonds is 9. The lowest BCUT2D eigenvalue weighted by molar-refractivity contribution is -0.147. The van der Waals surface area contributed by atoms with Gasteiger partial charge in [0, 0.05) is 11.3 Å². The number of nitrogens with zero attached hydrogens (tertiary/aromatic N) is 1. The summed E-state index contributed by atoms with van der Waals surface area (Å²) in [5, 5.41) is 17.3. The van der Waals surface area contributed by atoms with E-state index in [9.17, 15) is 19.5 Å². The quantitative estimate of drug-likeness (QED) is 0.372. The van der Waals surface area contributed by atoms with E-state index in [-0.39, 0.29) is 24.3 Å². The van der Waals surface area contributed by atoms with Crippen LogP contribution < -0.4 is 10.6 Å². The Labute approximate surface area is 259 Å². The second kappa shape index (κ2) is 13.7. The lowest BCUT2D eigenvalue weighted by Gasteiger charge is -2.34. The van der Waals surface area contributed by atoms with E-state index in [4.69, 9.17) is 4.74 Å². The maximum absolute atomic E-state index is 13.9. The summed E-state index contributed by atoms with van der Waals surface area (Å²) in [6.45, 7) is 6.21. The van der Waals surface area contributed by atoms with Gasteiger partial charge in [-0.25, -0.2) is 4.79 Å². The average Bonchev–Trinajstić information content (AvgIpc) is 3.59.